The Hall–Kier alpha value is -2.80. The number of nitrogens with zero attached hydrogens (tertiary/aromatic N) is 1. The fraction of sp³-hybridized carbons (Fsp3) is 0.368. The number of amides is 1. The molecule has 0 aliphatic carbocycles. The van der Waals surface area contributed by atoms with E-state index in [1.54, 1.807) is 18.4 Å². The molecule has 1 amide bonds. The molecule has 0 aliphatic rings. The first kappa shape index (κ1) is 19.5. The Kier molecular flexibility index (Phi) is 8.21. The fourth-order valence-electron chi connectivity index (χ4n) is 2.32. The van der Waals surface area contributed by atoms with Gasteiger partial charge in [0.05, 0.1) is 18.9 Å². The third-order valence-electron chi connectivity index (χ3n) is 3.66. The van der Waals surface area contributed by atoms with Gasteiger partial charge in [-0.2, -0.15) is 0 Å². The Labute approximate surface area is 153 Å². The van der Waals surface area contributed by atoms with Crippen LogP contribution in [-0.2, 0) is 11.3 Å². The maximum absolute atomic E-state index is 11.9. The van der Waals surface area contributed by atoms with Gasteiger partial charge in [-0.1, -0.05) is 30.3 Å². The monoisotopic (exact) mass is 358 g/mol. The number of aliphatic hydroxyl groups excluding tert-OH is 1. The van der Waals surface area contributed by atoms with Gasteiger partial charge in [0, 0.05) is 13.1 Å². The van der Waals surface area contributed by atoms with Crippen LogP contribution in [0.2, 0.25) is 0 Å². The van der Waals surface area contributed by atoms with Crippen LogP contribution in [0.15, 0.2) is 58.1 Å². The second kappa shape index (κ2) is 10.9. The zero-order valence-corrected chi connectivity index (χ0v) is 14.9. The van der Waals surface area contributed by atoms with Gasteiger partial charge in [0.15, 0.2) is 5.96 Å². The molecule has 26 heavy (non-hydrogen) atoms. The Morgan fingerprint density at radius 2 is 1.96 bits per heavy atom. The summed E-state index contributed by atoms with van der Waals surface area (Å²) in [5, 5.41) is 19.1. The molecule has 1 unspecified atom stereocenters. The minimum Gasteiger partial charge on any atom is -0.467 e. The van der Waals surface area contributed by atoms with Crippen LogP contribution in [0.25, 0.3) is 0 Å². The van der Waals surface area contributed by atoms with Crippen molar-refractivity contribution < 1.29 is 14.3 Å². The molecule has 1 aromatic heterocycles. The number of carbonyl (C=O) groups is 1. The van der Waals surface area contributed by atoms with Crippen molar-refractivity contribution in [3.8, 4) is 0 Å². The molecule has 140 valence electrons. The number of hydrogen-bond donors (Lipinski definition) is 4. The molecule has 2 rings (SSSR count). The summed E-state index contributed by atoms with van der Waals surface area (Å²) in [5.41, 5.74) is 0.883. The number of aliphatic imine (C=N–C) groups is 1. The number of rotatable bonds is 9. The number of furan rings is 1. The summed E-state index contributed by atoms with van der Waals surface area (Å²) in [6.07, 6.45) is 1.57. The van der Waals surface area contributed by atoms with Gasteiger partial charge in [0.2, 0.25) is 5.91 Å². The SMILES string of the molecule is CCNC(=NCC(=O)NCc1ccco1)NCCC(O)c1ccccc1. The molecule has 0 bridgehead atoms. The van der Waals surface area contributed by atoms with Gasteiger partial charge in [-0.15, -0.1) is 0 Å². The third kappa shape index (κ3) is 6.98. The standard InChI is InChI=1S/C19H26N4O3/c1-2-20-19(21-11-10-17(24)15-7-4-3-5-8-15)23-14-18(25)22-13-16-9-6-12-26-16/h3-9,12,17,24H,2,10-11,13-14H2,1H3,(H,22,25)(H2,20,21,23). The van der Waals surface area contributed by atoms with Gasteiger partial charge in [-0.05, 0) is 31.0 Å². The summed E-state index contributed by atoms with van der Waals surface area (Å²) >= 11 is 0. The lowest BCUT2D eigenvalue weighted by Crippen LogP contribution is -2.39. The van der Waals surface area contributed by atoms with Gasteiger partial charge < -0.3 is 25.5 Å². The fourth-order valence-corrected chi connectivity index (χ4v) is 2.32. The summed E-state index contributed by atoms with van der Waals surface area (Å²) in [6, 6.07) is 13.1. The average molecular weight is 358 g/mol. The minimum atomic E-state index is -0.539. The zero-order valence-electron chi connectivity index (χ0n) is 14.9. The lowest BCUT2D eigenvalue weighted by Gasteiger charge is -2.14. The molecule has 0 radical (unpaired) electrons. The summed E-state index contributed by atoms with van der Waals surface area (Å²) in [6.45, 7) is 3.52. The van der Waals surface area contributed by atoms with Crippen molar-refractivity contribution >= 4 is 11.9 Å². The zero-order chi connectivity index (χ0) is 18.6. The van der Waals surface area contributed by atoms with Crippen LogP contribution in [0.1, 0.15) is 30.8 Å². The van der Waals surface area contributed by atoms with Crippen molar-refractivity contribution in [2.75, 3.05) is 19.6 Å². The molecule has 1 atom stereocenters. The minimum absolute atomic E-state index is 0.0112. The van der Waals surface area contributed by atoms with Crippen LogP contribution in [0.4, 0.5) is 0 Å². The van der Waals surface area contributed by atoms with E-state index < -0.39 is 6.10 Å². The first-order chi connectivity index (χ1) is 12.7. The molecule has 0 spiro atoms. The van der Waals surface area contributed by atoms with E-state index >= 15 is 0 Å². The first-order valence-corrected chi connectivity index (χ1v) is 8.73. The van der Waals surface area contributed by atoms with Crippen LogP contribution in [-0.4, -0.2) is 36.6 Å². The van der Waals surface area contributed by atoms with E-state index in [0.29, 0.717) is 37.8 Å². The molecule has 0 saturated heterocycles. The molecular weight excluding hydrogens is 332 g/mol. The summed E-state index contributed by atoms with van der Waals surface area (Å²) in [5.74, 6) is 1.05. The van der Waals surface area contributed by atoms with Gasteiger partial charge >= 0.3 is 0 Å². The van der Waals surface area contributed by atoms with E-state index in [1.807, 2.05) is 37.3 Å². The Bertz CT molecular complexity index is 671. The van der Waals surface area contributed by atoms with E-state index in [4.69, 9.17) is 4.42 Å². The molecule has 7 heteroatoms. The number of guanidine groups is 1. The molecule has 0 saturated carbocycles. The Balaban J connectivity index is 1.74. The highest BCUT2D eigenvalue weighted by Crippen LogP contribution is 2.14. The highest BCUT2D eigenvalue weighted by molar-refractivity contribution is 5.84. The highest BCUT2D eigenvalue weighted by Gasteiger charge is 2.07. The molecule has 1 aromatic carbocycles. The van der Waals surface area contributed by atoms with E-state index in [2.05, 4.69) is 20.9 Å². The van der Waals surface area contributed by atoms with Crippen LogP contribution in [0, 0.1) is 0 Å². The normalized spacial score (nSPS) is 12.5. The maximum atomic E-state index is 11.9. The van der Waals surface area contributed by atoms with Crippen LogP contribution in [0.5, 0.6) is 0 Å². The second-order valence-electron chi connectivity index (χ2n) is 5.69. The summed E-state index contributed by atoms with van der Waals surface area (Å²) in [7, 11) is 0. The quantitative estimate of drug-likeness (QED) is 0.403. The van der Waals surface area contributed by atoms with E-state index in [1.165, 1.54) is 0 Å². The predicted molar refractivity (Wildman–Crippen MR) is 101 cm³/mol. The van der Waals surface area contributed by atoms with Crippen molar-refractivity contribution in [3.05, 3.63) is 60.1 Å². The Morgan fingerprint density at radius 3 is 2.65 bits per heavy atom. The topological polar surface area (TPSA) is 98.9 Å². The van der Waals surface area contributed by atoms with Crippen LogP contribution >= 0.6 is 0 Å². The number of benzene rings is 1. The van der Waals surface area contributed by atoms with Gasteiger partial charge in [0.1, 0.15) is 12.3 Å². The number of carbonyl (C=O) groups excluding carboxylic acids is 1. The number of aliphatic hydroxyl groups is 1. The summed E-state index contributed by atoms with van der Waals surface area (Å²) in [4.78, 5) is 16.1. The summed E-state index contributed by atoms with van der Waals surface area (Å²) < 4.78 is 5.16. The molecular formula is C19H26N4O3. The molecule has 2 aromatic rings. The lowest BCUT2D eigenvalue weighted by molar-refractivity contribution is -0.119. The van der Waals surface area contributed by atoms with Crippen molar-refractivity contribution in [2.24, 2.45) is 4.99 Å². The molecule has 0 fully saturated rings. The predicted octanol–water partition coefficient (Wildman–Crippen LogP) is 1.57. The lowest BCUT2D eigenvalue weighted by atomic mass is 10.1. The maximum Gasteiger partial charge on any atom is 0.242 e. The van der Waals surface area contributed by atoms with Crippen molar-refractivity contribution in [1.82, 2.24) is 16.0 Å². The highest BCUT2D eigenvalue weighted by atomic mass is 16.3. The van der Waals surface area contributed by atoms with Crippen molar-refractivity contribution in [2.45, 2.75) is 26.0 Å². The molecule has 0 aliphatic heterocycles. The molecule has 1 heterocycles. The van der Waals surface area contributed by atoms with E-state index in [9.17, 15) is 9.90 Å². The number of nitrogens with one attached hydrogen (secondary N) is 3. The molecule has 4 N–H and O–H groups in total. The van der Waals surface area contributed by atoms with Crippen LogP contribution in [0.3, 0.4) is 0 Å². The van der Waals surface area contributed by atoms with Gasteiger partial charge in [-0.25, -0.2) is 4.99 Å². The second-order valence-corrected chi connectivity index (χ2v) is 5.69. The van der Waals surface area contributed by atoms with Gasteiger partial charge in [-0.3, -0.25) is 4.79 Å². The number of hydrogen-bond acceptors (Lipinski definition) is 4. The third-order valence-corrected chi connectivity index (χ3v) is 3.66. The van der Waals surface area contributed by atoms with Crippen molar-refractivity contribution in [3.63, 3.8) is 0 Å². The first-order valence-electron chi connectivity index (χ1n) is 8.73. The van der Waals surface area contributed by atoms with Crippen molar-refractivity contribution in [1.29, 1.82) is 0 Å². The van der Waals surface area contributed by atoms with E-state index in [0.717, 1.165) is 5.56 Å². The Morgan fingerprint density at radius 1 is 1.15 bits per heavy atom. The van der Waals surface area contributed by atoms with Crippen LogP contribution < -0.4 is 16.0 Å². The largest absolute Gasteiger partial charge is 0.467 e. The van der Waals surface area contributed by atoms with Gasteiger partial charge in [0.25, 0.3) is 0 Å². The van der Waals surface area contributed by atoms with E-state index in [-0.39, 0.29) is 12.5 Å². The average Bonchev–Trinajstić information content (AvgIpc) is 3.18. The molecule has 7 nitrogen and oxygen atoms in total. The smallest absolute Gasteiger partial charge is 0.242 e.